The average molecular weight is 396 g/mol. The highest BCUT2D eigenvalue weighted by molar-refractivity contribution is 7.16. The second-order valence-corrected chi connectivity index (χ2v) is 7.23. The fourth-order valence-electron chi connectivity index (χ4n) is 2.56. The van der Waals surface area contributed by atoms with Gasteiger partial charge in [0.2, 0.25) is 0 Å². The van der Waals surface area contributed by atoms with E-state index in [-0.39, 0.29) is 16.3 Å². The molecule has 0 saturated heterocycles. The first-order valence-electron chi connectivity index (χ1n) is 7.06. The zero-order valence-corrected chi connectivity index (χ0v) is 15.4. The van der Waals surface area contributed by atoms with Gasteiger partial charge in [-0.15, -0.1) is 0 Å². The number of nitro groups is 1. The third-order valence-electron chi connectivity index (χ3n) is 3.64. The van der Waals surface area contributed by atoms with Crippen LogP contribution < -0.4 is 4.80 Å². The second-order valence-electron chi connectivity index (χ2n) is 5.35. The average Bonchev–Trinajstić information content (AvgIpc) is 2.82. The van der Waals surface area contributed by atoms with Crippen molar-refractivity contribution in [1.82, 2.24) is 4.57 Å². The first-order chi connectivity index (χ1) is 11.8. The molecule has 0 unspecified atom stereocenters. The van der Waals surface area contributed by atoms with Crippen LogP contribution in [0.1, 0.15) is 15.9 Å². The van der Waals surface area contributed by atoms with Gasteiger partial charge in [-0.3, -0.25) is 14.9 Å². The number of hydrogen-bond acceptors (Lipinski definition) is 4. The zero-order chi connectivity index (χ0) is 18.3. The largest absolute Gasteiger partial charge is 0.319 e. The third kappa shape index (κ3) is 3.30. The fraction of sp³-hybridized carbons (Fsp3) is 0.125. The Morgan fingerprint density at radius 3 is 2.64 bits per heavy atom. The van der Waals surface area contributed by atoms with E-state index in [1.807, 2.05) is 13.0 Å². The van der Waals surface area contributed by atoms with Crippen molar-refractivity contribution in [3.05, 3.63) is 66.4 Å². The Morgan fingerprint density at radius 2 is 1.96 bits per heavy atom. The number of nitro benzene ring substituents is 1. The van der Waals surface area contributed by atoms with Crippen molar-refractivity contribution in [3.8, 4) is 0 Å². The first-order valence-corrected chi connectivity index (χ1v) is 8.64. The van der Waals surface area contributed by atoms with Crippen molar-refractivity contribution in [2.24, 2.45) is 12.0 Å². The van der Waals surface area contributed by atoms with Crippen LogP contribution in [0.2, 0.25) is 10.0 Å². The van der Waals surface area contributed by atoms with E-state index >= 15 is 0 Å². The summed E-state index contributed by atoms with van der Waals surface area (Å²) in [5.41, 5.74) is 1.37. The van der Waals surface area contributed by atoms with Crippen LogP contribution in [0.25, 0.3) is 10.2 Å². The van der Waals surface area contributed by atoms with Crippen LogP contribution in [0.15, 0.2) is 35.3 Å². The van der Waals surface area contributed by atoms with E-state index in [0.29, 0.717) is 9.82 Å². The van der Waals surface area contributed by atoms with Crippen molar-refractivity contribution in [1.29, 1.82) is 0 Å². The maximum atomic E-state index is 12.5. The van der Waals surface area contributed by atoms with Gasteiger partial charge in [-0.05, 0) is 36.8 Å². The molecule has 1 amide bonds. The summed E-state index contributed by atoms with van der Waals surface area (Å²) in [7, 11) is 1.78. The molecule has 25 heavy (non-hydrogen) atoms. The number of hydrogen-bond donors (Lipinski definition) is 0. The molecule has 3 rings (SSSR count). The van der Waals surface area contributed by atoms with Gasteiger partial charge in [0.1, 0.15) is 5.56 Å². The first kappa shape index (κ1) is 17.6. The predicted octanol–water partition coefficient (Wildman–Crippen LogP) is 4.50. The molecular formula is C16H11Cl2N3O3S. The number of thiazole rings is 1. The number of benzene rings is 2. The van der Waals surface area contributed by atoms with Crippen molar-refractivity contribution in [3.63, 3.8) is 0 Å². The van der Waals surface area contributed by atoms with Gasteiger partial charge in [-0.1, -0.05) is 34.5 Å². The van der Waals surface area contributed by atoms with Gasteiger partial charge < -0.3 is 4.57 Å². The maximum absolute atomic E-state index is 12.5. The lowest BCUT2D eigenvalue weighted by atomic mass is 10.2. The molecule has 0 saturated carbocycles. The summed E-state index contributed by atoms with van der Waals surface area (Å²) in [6.45, 7) is 1.91. The summed E-state index contributed by atoms with van der Waals surface area (Å²) >= 11 is 13.2. The van der Waals surface area contributed by atoms with E-state index < -0.39 is 10.8 Å². The van der Waals surface area contributed by atoms with Gasteiger partial charge in [-0.2, -0.15) is 4.99 Å². The molecule has 128 valence electrons. The highest BCUT2D eigenvalue weighted by Gasteiger charge is 2.20. The van der Waals surface area contributed by atoms with Crippen LogP contribution in [-0.4, -0.2) is 15.4 Å². The Kier molecular flexibility index (Phi) is 4.64. The summed E-state index contributed by atoms with van der Waals surface area (Å²) in [5.74, 6) is -0.722. The highest BCUT2D eigenvalue weighted by Crippen LogP contribution is 2.26. The molecule has 0 bridgehead atoms. The number of carbonyl (C=O) groups excluding carboxylic acids is 1. The quantitative estimate of drug-likeness (QED) is 0.473. The van der Waals surface area contributed by atoms with E-state index in [1.54, 1.807) is 17.7 Å². The standard InChI is InChI=1S/C16H11Cl2N3O3S/c1-8-5-10(18)7-13-14(8)20(2)16(25-13)19-15(22)11-6-9(17)3-4-12(11)21(23)24/h3-7H,1-2H3. The van der Waals surface area contributed by atoms with Gasteiger partial charge in [0, 0.05) is 23.2 Å². The van der Waals surface area contributed by atoms with E-state index in [1.165, 1.54) is 29.5 Å². The molecular weight excluding hydrogens is 385 g/mol. The van der Waals surface area contributed by atoms with Crippen LogP contribution in [0, 0.1) is 17.0 Å². The molecule has 0 aliphatic carbocycles. The van der Waals surface area contributed by atoms with Gasteiger partial charge >= 0.3 is 0 Å². The monoisotopic (exact) mass is 395 g/mol. The minimum Gasteiger partial charge on any atom is -0.319 e. The number of carbonyl (C=O) groups is 1. The number of amides is 1. The van der Waals surface area contributed by atoms with Crippen molar-refractivity contribution in [2.45, 2.75) is 6.92 Å². The van der Waals surface area contributed by atoms with E-state index in [2.05, 4.69) is 4.99 Å². The lowest BCUT2D eigenvalue weighted by Gasteiger charge is -2.01. The molecule has 0 aliphatic heterocycles. The molecule has 0 spiro atoms. The predicted molar refractivity (Wildman–Crippen MR) is 98.5 cm³/mol. The minimum absolute atomic E-state index is 0.148. The van der Waals surface area contributed by atoms with Crippen molar-refractivity contribution in [2.75, 3.05) is 0 Å². The molecule has 0 aliphatic rings. The molecule has 0 fully saturated rings. The summed E-state index contributed by atoms with van der Waals surface area (Å²) in [4.78, 5) is 27.5. The molecule has 3 aromatic rings. The molecule has 0 N–H and O–H groups in total. The summed E-state index contributed by atoms with van der Waals surface area (Å²) in [5, 5.41) is 12.0. The Morgan fingerprint density at radius 1 is 1.24 bits per heavy atom. The molecule has 2 aromatic carbocycles. The smallest absolute Gasteiger partial charge is 0.286 e. The molecule has 6 nitrogen and oxygen atoms in total. The number of nitrogens with zero attached hydrogens (tertiary/aromatic N) is 3. The lowest BCUT2D eigenvalue weighted by Crippen LogP contribution is -2.14. The van der Waals surface area contributed by atoms with Crippen molar-refractivity contribution < 1.29 is 9.72 Å². The zero-order valence-electron chi connectivity index (χ0n) is 13.1. The number of fused-ring (bicyclic) bond motifs is 1. The van der Waals surface area contributed by atoms with Gasteiger partial charge in [0.25, 0.3) is 11.6 Å². The van der Waals surface area contributed by atoms with Crippen LogP contribution in [-0.2, 0) is 7.05 Å². The molecule has 1 heterocycles. The van der Waals surface area contributed by atoms with Gasteiger partial charge in [-0.25, -0.2) is 0 Å². The maximum Gasteiger partial charge on any atom is 0.286 e. The highest BCUT2D eigenvalue weighted by atomic mass is 35.5. The van der Waals surface area contributed by atoms with Crippen LogP contribution >= 0.6 is 34.5 Å². The normalized spacial score (nSPS) is 11.9. The topological polar surface area (TPSA) is 77.5 Å². The second kappa shape index (κ2) is 6.59. The third-order valence-corrected chi connectivity index (χ3v) is 5.17. The minimum atomic E-state index is -0.722. The SMILES string of the molecule is Cc1cc(Cl)cc2sc(=NC(=O)c3cc(Cl)ccc3[N+](=O)[O-])n(C)c12. The van der Waals surface area contributed by atoms with Gasteiger partial charge in [0.05, 0.1) is 15.1 Å². The van der Waals surface area contributed by atoms with E-state index in [4.69, 9.17) is 23.2 Å². The van der Waals surface area contributed by atoms with Crippen LogP contribution in [0.4, 0.5) is 5.69 Å². The van der Waals surface area contributed by atoms with E-state index in [9.17, 15) is 14.9 Å². The summed E-state index contributed by atoms with van der Waals surface area (Å²) < 4.78 is 2.64. The number of aromatic nitrogens is 1. The van der Waals surface area contributed by atoms with E-state index in [0.717, 1.165) is 15.8 Å². The van der Waals surface area contributed by atoms with Gasteiger partial charge in [0.15, 0.2) is 4.80 Å². The van der Waals surface area contributed by atoms with Crippen molar-refractivity contribution >= 4 is 56.3 Å². The Hall–Kier alpha value is -2.22. The summed E-state index contributed by atoms with van der Waals surface area (Å²) in [6, 6.07) is 7.42. The molecule has 9 heteroatoms. The van der Waals surface area contributed by atoms with Crippen LogP contribution in [0.5, 0.6) is 0 Å². The molecule has 0 radical (unpaired) electrons. The molecule has 1 aromatic heterocycles. The lowest BCUT2D eigenvalue weighted by molar-refractivity contribution is -0.385. The molecule has 0 atom stereocenters. The number of halogens is 2. The Balaban J connectivity index is 2.19. The Bertz CT molecular complexity index is 1100. The van der Waals surface area contributed by atoms with Crippen LogP contribution in [0.3, 0.4) is 0 Å². The number of rotatable bonds is 2. The Labute approximate surface area is 156 Å². The summed E-state index contributed by atoms with van der Waals surface area (Å²) in [6.07, 6.45) is 0. The fourth-order valence-corrected chi connectivity index (χ4v) is 4.20. The number of aryl methyl sites for hydroxylation is 2.